The Morgan fingerprint density at radius 2 is 1.43 bits per heavy atom. The molecule has 18 heteroatoms. The van der Waals surface area contributed by atoms with Crippen LogP contribution in [-0.4, -0.2) is 101 Å². The number of para-hydroxylation sites is 1. The van der Waals surface area contributed by atoms with Crippen LogP contribution in [0, 0.1) is 10.1 Å². The highest BCUT2D eigenvalue weighted by Crippen LogP contribution is 2.43. The second-order valence-corrected chi connectivity index (χ2v) is 17.8. The number of nitro benzene ring substituents is 1. The highest BCUT2D eigenvalue weighted by Gasteiger charge is 2.49. The molecule has 18 nitrogen and oxygen atoms in total. The average Bonchev–Trinajstić information content (AvgIpc) is 3.62. The van der Waals surface area contributed by atoms with E-state index in [-0.39, 0.29) is 31.3 Å². The molecular weight excluding hydrogens is 867 g/mol. The molecule has 0 spiro atoms. The highest BCUT2D eigenvalue weighted by atomic mass is 16.8. The summed E-state index contributed by atoms with van der Waals surface area (Å²) < 4.78 is 36.8. The number of carbonyl (C=O) groups is 1. The van der Waals surface area contributed by atoms with Crippen molar-refractivity contribution in [2.45, 2.75) is 94.4 Å². The molecule has 4 aromatic carbocycles. The van der Waals surface area contributed by atoms with Gasteiger partial charge in [0.25, 0.3) is 17.2 Å². The molecule has 2 aliphatic heterocycles. The number of hydrogen-bond acceptors (Lipinski definition) is 14. The van der Waals surface area contributed by atoms with Crippen molar-refractivity contribution in [1.82, 2.24) is 19.9 Å². The van der Waals surface area contributed by atoms with Gasteiger partial charge in [-0.1, -0.05) is 66.7 Å². The number of amides is 1. The van der Waals surface area contributed by atoms with Gasteiger partial charge in [-0.3, -0.25) is 34.1 Å². The largest absolute Gasteiger partial charge is 0.497 e. The number of nitrogens with zero attached hydrogens (tertiary/aromatic N) is 3. The molecule has 4 atom stereocenters. The van der Waals surface area contributed by atoms with Gasteiger partial charge >= 0.3 is 5.69 Å². The van der Waals surface area contributed by atoms with E-state index in [0.717, 1.165) is 27.5 Å². The quantitative estimate of drug-likeness (QED) is 0.0321. The number of aliphatic hydroxyl groups excluding tert-OH is 1. The van der Waals surface area contributed by atoms with Crippen LogP contribution >= 0.6 is 0 Å². The van der Waals surface area contributed by atoms with Crippen LogP contribution in [0.4, 0.5) is 5.69 Å². The highest BCUT2D eigenvalue weighted by molar-refractivity contribution is 5.93. The van der Waals surface area contributed by atoms with Crippen LogP contribution in [0.1, 0.15) is 79.4 Å². The summed E-state index contributed by atoms with van der Waals surface area (Å²) in [7, 11) is 4.53. The molecule has 0 saturated carbocycles. The predicted octanol–water partition coefficient (Wildman–Crippen LogP) is 5.60. The number of H-pyrrole nitrogens is 1. The smallest absolute Gasteiger partial charge is 0.330 e. The van der Waals surface area contributed by atoms with Crippen LogP contribution in [0.25, 0.3) is 0 Å². The Kier molecular flexibility index (Phi) is 14.8. The van der Waals surface area contributed by atoms with E-state index in [0.29, 0.717) is 29.9 Å². The molecule has 2 aliphatic rings. The van der Waals surface area contributed by atoms with Gasteiger partial charge in [-0.25, -0.2) is 4.79 Å². The van der Waals surface area contributed by atoms with E-state index in [4.69, 9.17) is 33.3 Å². The lowest BCUT2D eigenvalue weighted by atomic mass is 9.79. The van der Waals surface area contributed by atoms with Crippen LogP contribution in [0.3, 0.4) is 0 Å². The number of nitrogens with one attached hydrogen (secondary N) is 2. The first-order valence-corrected chi connectivity index (χ1v) is 21.8. The molecule has 0 aliphatic carbocycles. The maximum atomic E-state index is 14.0. The maximum Gasteiger partial charge on any atom is 0.330 e. The van der Waals surface area contributed by atoms with Gasteiger partial charge in [0.1, 0.15) is 41.0 Å². The third-order valence-electron chi connectivity index (χ3n) is 12.3. The lowest BCUT2D eigenvalue weighted by molar-refractivity contribution is -0.386. The van der Waals surface area contributed by atoms with Gasteiger partial charge in [-0.2, -0.15) is 5.06 Å². The Morgan fingerprint density at radius 1 is 0.866 bits per heavy atom. The zero-order valence-corrected chi connectivity index (χ0v) is 38.5. The zero-order chi connectivity index (χ0) is 48.1. The lowest BCUT2D eigenvalue weighted by Crippen LogP contribution is -2.64. The van der Waals surface area contributed by atoms with E-state index in [1.165, 1.54) is 13.2 Å². The monoisotopic (exact) mass is 923 g/mol. The summed E-state index contributed by atoms with van der Waals surface area (Å²) in [6.07, 6.45) is -2.89. The number of hydrogen-bond donors (Lipinski definition) is 3. The first-order valence-electron chi connectivity index (χ1n) is 21.8. The molecule has 0 bridgehead atoms. The minimum Gasteiger partial charge on any atom is -0.497 e. The van der Waals surface area contributed by atoms with E-state index < -0.39 is 69.3 Å². The first-order chi connectivity index (χ1) is 32.0. The number of aromatic nitrogens is 2. The topological polar surface area (TPSA) is 215 Å². The van der Waals surface area contributed by atoms with Crippen molar-refractivity contribution in [1.29, 1.82) is 0 Å². The number of carbonyl (C=O) groups excluding carboxylic acids is 1. The summed E-state index contributed by atoms with van der Waals surface area (Å²) in [5.41, 5.74) is -2.09. The Labute approximate surface area is 387 Å². The maximum absolute atomic E-state index is 14.0. The number of aromatic amines is 1. The number of rotatable bonds is 18. The molecule has 2 fully saturated rings. The minimum absolute atomic E-state index is 0.0320. The molecular formula is C49H57N5O13. The lowest BCUT2D eigenvalue weighted by Gasteiger charge is -2.53. The molecule has 7 rings (SSSR count). The number of aliphatic hydroxyl groups is 1. The second kappa shape index (κ2) is 20.3. The number of nitro groups is 1. The Hall–Kier alpha value is -6.25. The number of piperidine rings is 1. The van der Waals surface area contributed by atoms with Gasteiger partial charge in [-0.15, -0.1) is 0 Å². The van der Waals surface area contributed by atoms with Crippen molar-refractivity contribution in [2.24, 2.45) is 0 Å². The number of hydroxylamine groups is 2. The van der Waals surface area contributed by atoms with Gasteiger partial charge in [-0.05, 0) is 87.6 Å². The van der Waals surface area contributed by atoms with Crippen molar-refractivity contribution in [2.75, 3.05) is 34.7 Å². The first kappa shape index (κ1) is 48.7. The molecule has 4 unspecified atom stereocenters. The summed E-state index contributed by atoms with van der Waals surface area (Å²) in [6, 6.07) is 30.4. The fraction of sp³-hybridized carbons (Fsp3) is 0.408. The van der Waals surface area contributed by atoms with Gasteiger partial charge in [0.05, 0.1) is 37.9 Å². The van der Waals surface area contributed by atoms with Crippen LogP contribution in [0.2, 0.25) is 0 Å². The summed E-state index contributed by atoms with van der Waals surface area (Å²) >= 11 is 0. The van der Waals surface area contributed by atoms with E-state index in [9.17, 15) is 29.6 Å². The summed E-state index contributed by atoms with van der Waals surface area (Å²) in [4.78, 5) is 60.2. The normalized spacial score (nSPS) is 20.6. The minimum atomic E-state index is -1.33. The Morgan fingerprint density at radius 3 is 2.00 bits per heavy atom. The van der Waals surface area contributed by atoms with Gasteiger partial charge in [0.15, 0.2) is 13.0 Å². The van der Waals surface area contributed by atoms with Crippen molar-refractivity contribution >= 4 is 11.6 Å². The fourth-order valence-corrected chi connectivity index (χ4v) is 9.48. The summed E-state index contributed by atoms with van der Waals surface area (Å²) in [5, 5.41) is 28.0. The fourth-order valence-electron chi connectivity index (χ4n) is 9.48. The molecule has 3 heterocycles. The van der Waals surface area contributed by atoms with E-state index in [1.807, 2.05) is 107 Å². The van der Waals surface area contributed by atoms with Crippen LogP contribution in [0.5, 0.6) is 11.5 Å². The van der Waals surface area contributed by atoms with Crippen molar-refractivity contribution in [3.8, 4) is 11.5 Å². The average molecular weight is 924 g/mol. The molecule has 1 aromatic heterocycles. The number of benzene rings is 4. The Balaban J connectivity index is 1.09. The van der Waals surface area contributed by atoms with Crippen molar-refractivity contribution < 1.29 is 48.1 Å². The Bertz CT molecular complexity index is 2550. The molecule has 5 aromatic rings. The van der Waals surface area contributed by atoms with Crippen molar-refractivity contribution in [3.63, 3.8) is 0 Å². The SMILES string of the molecule is COc1ccc(C(OCC2OC(n3cc(C(=O)NC4CC(C)(C)N(OCOCc5ccccc5[N+](=O)[O-])C(C)(C)C4)c(=O)[nH]c3=O)C(OC)C2O)(c2ccccc2)c2ccc(OC)cc2)cc1. The second-order valence-electron chi connectivity index (χ2n) is 17.8. The van der Waals surface area contributed by atoms with Crippen LogP contribution in [0.15, 0.2) is 119 Å². The molecule has 356 valence electrons. The molecule has 0 radical (unpaired) electrons. The predicted molar refractivity (Wildman–Crippen MR) is 245 cm³/mol. The molecule has 2 saturated heterocycles. The van der Waals surface area contributed by atoms with Gasteiger partial charge < -0.3 is 38.8 Å². The number of ether oxygens (including phenoxy) is 6. The molecule has 3 N–H and O–H groups in total. The van der Waals surface area contributed by atoms with Gasteiger partial charge in [0.2, 0.25) is 0 Å². The zero-order valence-electron chi connectivity index (χ0n) is 38.5. The van der Waals surface area contributed by atoms with Crippen LogP contribution in [-0.2, 0) is 36.0 Å². The number of methoxy groups -OCH3 is 3. The van der Waals surface area contributed by atoms with E-state index in [1.54, 1.807) is 37.5 Å². The summed E-state index contributed by atoms with van der Waals surface area (Å²) in [6.45, 7) is 7.34. The summed E-state index contributed by atoms with van der Waals surface area (Å²) in [5.74, 6) is 0.555. The van der Waals surface area contributed by atoms with Crippen molar-refractivity contribution in [3.05, 3.63) is 168 Å². The third kappa shape index (κ3) is 10.2. The van der Waals surface area contributed by atoms with Crippen LogP contribution < -0.4 is 26.0 Å². The third-order valence-corrected chi connectivity index (χ3v) is 12.3. The molecule has 1 amide bonds. The van der Waals surface area contributed by atoms with E-state index >= 15 is 0 Å². The standard InChI is InChI=1S/C49H57N5O13/c1-47(2)25-35(26-48(3,4)54(47)66-30-64-28-31-13-11-12-16-39(31)53(59)60)50-43(56)38-27-52(46(58)51-44(38)57)45-42(63-7)41(55)40(67-45)29-65-49(32-14-9-8-10-15-32,33-17-21-36(61-5)22-18-33)34-19-23-37(62-6)24-20-34/h8-24,27,35,40-42,45,55H,25-26,28-30H2,1-7H3,(H,50,56)(H,51,57,58). The molecule has 67 heavy (non-hydrogen) atoms. The van der Waals surface area contributed by atoms with Gasteiger partial charge in [0, 0.05) is 36.5 Å². The van der Waals surface area contributed by atoms with E-state index in [2.05, 4.69) is 10.3 Å².